The number of hydrogen-bond acceptors (Lipinski definition) is 4. The van der Waals surface area contributed by atoms with Crippen LogP contribution in [-0.2, 0) is 9.47 Å². The number of hydrogen-bond donors (Lipinski definition) is 0. The molecule has 0 aliphatic carbocycles. The minimum Gasteiger partial charge on any atom is -0.449 e. The zero-order chi connectivity index (χ0) is 16.7. The number of nitrogens with zero attached hydrogens (tertiary/aromatic N) is 1. The summed E-state index contributed by atoms with van der Waals surface area (Å²) in [7, 11) is 0. The van der Waals surface area contributed by atoms with Crippen LogP contribution in [0.4, 0.5) is 0 Å². The summed E-state index contributed by atoms with van der Waals surface area (Å²) < 4.78 is 17.0. The van der Waals surface area contributed by atoms with E-state index >= 15 is 0 Å². The van der Waals surface area contributed by atoms with Gasteiger partial charge in [-0.1, -0.05) is 23.7 Å². The molecule has 3 heterocycles. The van der Waals surface area contributed by atoms with Gasteiger partial charge in [0.25, 0.3) is 5.91 Å². The minimum atomic E-state index is -0.103. The number of para-hydroxylation sites is 1. The molecule has 2 aliphatic rings. The molecule has 24 heavy (non-hydrogen) atoms. The number of benzene rings is 1. The van der Waals surface area contributed by atoms with Gasteiger partial charge in [0.2, 0.25) is 0 Å². The molecule has 4 rings (SSSR count). The Hall–Kier alpha value is -1.56. The van der Waals surface area contributed by atoms with Gasteiger partial charge in [-0.3, -0.25) is 4.79 Å². The fraction of sp³-hybridized carbons (Fsp3) is 0.500. The van der Waals surface area contributed by atoms with Crippen LogP contribution < -0.4 is 0 Å². The maximum atomic E-state index is 12.9. The lowest BCUT2D eigenvalue weighted by molar-refractivity contribution is -0.0956. The van der Waals surface area contributed by atoms with Crippen LogP contribution in [-0.4, -0.2) is 43.4 Å². The first-order valence-corrected chi connectivity index (χ1v) is 8.73. The SMILES string of the molecule is Cc1c(C(=O)N2CCC(C3OCCO3)CC2)oc2c(Cl)cccc12. The summed E-state index contributed by atoms with van der Waals surface area (Å²) in [6.07, 6.45) is 1.67. The average molecular weight is 350 g/mol. The number of likely N-dealkylation sites (tertiary alicyclic amines) is 1. The van der Waals surface area contributed by atoms with Gasteiger partial charge in [-0.15, -0.1) is 0 Å². The number of amides is 1. The van der Waals surface area contributed by atoms with Crippen LogP contribution in [0.15, 0.2) is 22.6 Å². The second-order valence-electron chi connectivity index (χ2n) is 6.41. The van der Waals surface area contributed by atoms with Crippen molar-refractivity contribution in [3.63, 3.8) is 0 Å². The topological polar surface area (TPSA) is 51.9 Å². The minimum absolute atomic E-state index is 0.0634. The van der Waals surface area contributed by atoms with Gasteiger partial charge in [0.15, 0.2) is 17.6 Å². The molecule has 1 amide bonds. The van der Waals surface area contributed by atoms with Gasteiger partial charge in [0.1, 0.15) is 0 Å². The lowest BCUT2D eigenvalue weighted by Crippen LogP contribution is -2.41. The highest BCUT2D eigenvalue weighted by atomic mass is 35.5. The van der Waals surface area contributed by atoms with E-state index < -0.39 is 0 Å². The van der Waals surface area contributed by atoms with E-state index in [9.17, 15) is 4.79 Å². The lowest BCUT2D eigenvalue weighted by Gasteiger charge is -2.33. The van der Waals surface area contributed by atoms with E-state index in [1.807, 2.05) is 24.0 Å². The van der Waals surface area contributed by atoms with Crippen molar-refractivity contribution in [2.45, 2.75) is 26.1 Å². The predicted molar refractivity (Wildman–Crippen MR) is 90.3 cm³/mol. The fourth-order valence-electron chi connectivity index (χ4n) is 3.58. The summed E-state index contributed by atoms with van der Waals surface area (Å²) in [5.41, 5.74) is 1.43. The highest BCUT2D eigenvalue weighted by Crippen LogP contribution is 2.32. The molecule has 5 nitrogen and oxygen atoms in total. The Morgan fingerprint density at radius 2 is 1.92 bits per heavy atom. The van der Waals surface area contributed by atoms with Crippen molar-refractivity contribution in [2.24, 2.45) is 5.92 Å². The Balaban J connectivity index is 1.50. The molecule has 1 aromatic carbocycles. The Morgan fingerprint density at radius 1 is 1.21 bits per heavy atom. The first-order chi connectivity index (χ1) is 11.6. The van der Waals surface area contributed by atoms with Crippen molar-refractivity contribution in [1.82, 2.24) is 4.90 Å². The van der Waals surface area contributed by atoms with Crippen LogP contribution in [0.25, 0.3) is 11.0 Å². The van der Waals surface area contributed by atoms with E-state index in [4.69, 9.17) is 25.5 Å². The average Bonchev–Trinajstić information content (AvgIpc) is 3.24. The first kappa shape index (κ1) is 15.9. The molecular weight excluding hydrogens is 330 g/mol. The van der Waals surface area contributed by atoms with Gasteiger partial charge in [-0.05, 0) is 25.8 Å². The number of fused-ring (bicyclic) bond motifs is 1. The van der Waals surface area contributed by atoms with Crippen molar-refractivity contribution in [3.8, 4) is 0 Å². The van der Waals surface area contributed by atoms with Gasteiger partial charge < -0.3 is 18.8 Å². The molecule has 0 atom stereocenters. The quantitative estimate of drug-likeness (QED) is 0.831. The van der Waals surface area contributed by atoms with Crippen molar-refractivity contribution < 1.29 is 18.7 Å². The van der Waals surface area contributed by atoms with E-state index in [1.54, 1.807) is 6.07 Å². The standard InChI is InChI=1S/C18H20ClNO4/c1-11-13-3-2-4-14(19)16(13)24-15(11)17(21)20-7-5-12(6-8-20)18-22-9-10-23-18/h2-4,12,18H,5-10H2,1H3. The Bertz CT molecular complexity index is 758. The van der Waals surface area contributed by atoms with E-state index in [1.165, 1.54) is 0 Å². The normalized spacial score (nSPS) is 20.2. The molecule has 0 bridgehead atoms. The molecule has 0 N–H and O–H groups in total. The van der Waals surface area contributed by atoms with Gasteiger partial charge in [-0.25, -0.2) is 0 Å². The highest BCUT2D eigenvalue weighted by Gasteiger charge is 2.33. The molecule has 2 aliphatic heterocycles. The van der Waals surface area contributed by atoms with E-state index in [2.05, 4.69) is 0 Å². The second-order valence-corrected chi connectivity index (χ2v) is 6.82. The number of carbonyl (C=O) groups is 1. The summed E-state index contributed by atoms with van der Waals surface area (Å²) in [5, 5.41) is 1.43. The van der Waals surface area contributed by atoms with Crippen molar-refractivity contribution in [2.75, 3.05) is 26.3 Å². The number of carbonyl (C=O) groups excluding carboxylic acids is 1. The molecule has 0 spiro atoms. The molecular formula is C18H20ClNO4. The third-order valence-electron chi connectivity index (χ3n) is 4.97. The lowest BCUT2D eigenvalue weighted by atomic mass is 9.96. The highest BCUT2D eigenvalue weighted by molar-refractivity contribution is 6.35. The van der Waals surface area contributed by atoms with E-state index in [-0.39, 0.29) is 12.2 Å². The molecule has 2 fully saturated rings. The molecule has 2 aromatic rings. The Kier molecular flexibility index (Phi) is 4.24. The number of halogens is 1. The van der Waals surface area contributed by atoms with Crippen molar-refractivity contribution in [3.05, 3.63) is 34.5 Å². The second kappa shape index (κ2) is 6.39. The molecule has 2 saturated heterocycles. The van der Waals surface area contributed by atoms with Crippen LogP contribution in [0.5, 0.6) is 0 Å². The summed E-state index contributed by atoms with van der Waals surface area (Å²) in [4.78, 5) is 14.7. The van der Waals surface area contributed by atoms with E-state index in [0.717, 1.165) is 23.8 Å². The number of ether oxygens (including phenoxy) is 2. The zero-order valence-electron chi connectivity index (χ0n) is 13.6. The van der Waals surface area contributed by atoms with Gasteiger partial charge in [0.05, 0.1) is 18.2 Å². The summed E-state index contributed by atoms with van der Waals surface area (Å²) in [6.45, 7) is 4.63. The van der Waals surface area contributed by atoms with Crippen LogP contribution >= 0.6 is 11.6 Å². The third kappa shape index (κ3) is 2.70. The molecule has 1 aromatic heterocycles. The number of aryl methyl sites for hydroxylation is 1. The summed E-state index contributed by atoms with van der Waals surface area (Å²) in [5.74, 6) is 0.694. The molecule has 0 saturated carbocycles. The van der Waals surface area contributed by atoms with Crippen LogP contribution in [0.3, 0.4) is 0 Å². The number of furan rings is 1. The number of piperidine rings is 1. The van der Waals surface area contributed by atoms with Crippen molar-refractivity contribution in [1.29, 1.82) is 0 Å². The first-order valence-electron chi connectivity index (χ1n) is 8.35. The molecule has 6 heteroatoms. The third-order valence-corrected chi connectivity index (χ3v) is 5.27. The van der Waals surface area contributed by atoms with Crippen LogP contribution in [0.1, 0.15) is 29.0 Å². The smallest absolute Gasteiger partial charge is 0.289 e. The fourth-order valence-corrected chi connectivity index (χ4v) is 3.79. The maximum Gasteiger partial charge on any atom is 0.289 e. The zero-order valence-corrected chi connectivity index (χ0v) is 14.3. The molecule has 0 radical (unpaired) electrons. The monoisotopic (exact) mass is 349 g/mol. The maximum absolute atomic E-state index is 12.9. The predicted octanol–water partition coefficient (Wildman–Crippen LogP) is 3.62. The molecule has 0 unspecified atom stereocenters. The van der Waals surface area contributed by atoms with Crippen LogP contribution in [0, 0.1) is 12.8 Å². The Morgan fingerprint density at radius 3 is 2.58 bits per heavy atom. The van der Waals surface area contributed by atoms with Gasteiger partial charge >= 0.3 is 0 Å². The van der Waals surface area contributed by atoms with Crippen LogP contribution in [0.2, 0.25) is 5.02 Å². The van der Waals surface area contributed by atoms with Crippen molar-refractivity contribution >= 4 is 28.5 Å². The summed E-state index contributed by atoms with van der Waals surface area (Å²) in [6, 6.07) is 5.57. The Labute approximate surface area is 145 Å². The summed E-state index contributed by atoms with van der Waals surface area (Å²) >= 11 is 6.18. The van der Waals surface area contributed by atoms with Gasteiger partial charge in [-0.2, -0.15) is 0 Å². The number of rotatable bonds is 2. The molecule has 128 valence electrons. The van der Waals surface area contributed by atoms with E-state index in [0.29, 0.717) is 48.6 Å². The largest absolute Gasteiger partial charge is 0.449 e. The van der Waals surface area contributed by atoms with Gasteiger partial charge in [0, 0.05) is 30.0 Å².